The van der Waals surface area contributed by atoms with Gasteiger partial charge in [0.25, 0.3) is 5.91 Å². The SMILES string of the molecule is CCn1c(-c2nonc2N)nc2cncc(C(=O)NCCCCN)c21. The van der Waals surface area contributed by atoms with Crippen LogP contribution in [0.4, 0.5) is 5.82 Å². The first-order chi connectivity index (χ1) is 12.2. The summed E-state index contributed by atoms with van der Waals surface area (Å²) in [6.07, 6.45) is 4.81. The number of aryl methyl sites for hydroxylation is 1. The number of hydrogen-bond acceptors (Lipinski definition) is 8. The second kappa shape index (κ2) is 7.26. The van der Waals surface area contributed by atoms with Crippen LogP contribution >= 0.6 is 0 Å². The molecule has 0 bridgehead atoms. The molecule has 0 atom stereocenters. The van der Waals surface area contributed by atoms with Crippen LogP contribution in [0.3, 0.4) is 0 Å². The van der Waals surface area contributed by atoms with Gasteiger partial charge in [0.1, 0.15) is 5.52 Å². The Morgan fingerprint density at radius 3 is 2.84 bits per heavy atom. The zero-order valence-electron chi connectivity index (χ0n) is 13.9. The number of nitrogens with one attached hydrogen (secondary N) is 1. The molecule has 0 aromatic carbocycles. The Labute approximate surface area is 143 Å². The monoisotopic (exact) mass is 344 g/mol. The fourth-order valence-electron chi connectivity index (χ4n) is 2.66. The molecule has 0 spiro atoms. The van der Waals surface area contributed by atoms with Gasteiger partial charge in [0, 0.05) is 19.3 Å². The van der Waals surface area contributed by atoms with Crippen molar-refractivity contribution in [2.75, 3.05) is 18.8 Å². The largest absolute Gasteiger partial charge is 0.379 e. The predicted octanol–water partition coefficient (Wildman–Crippen LogP) is 0.552. The summed E-state index contributed by atoms with van der Waals surface area (Å²) in [7, 11) is 0. The van der Waals surface area contributed by atoms with Gasteiger partial charge in [0.15, 0.2) is 17.3 Å². The molecule has 0 aliphatic carbocycles. The molecular weight excluding hydrogens is 324 g/mol. The average molecular weight is 344 g/mol. The number of carbonyl (C=O) groups is 1. The van der Waals surface area contributed by atoms with Crippen molar-refractivity contribution in [2.24, 2.45) is 5.73 Å². The van der Waals surface area contributed by atoms with Gasteiger partial charge in [0.2, 0.25) is 0 Å². The Bertz CT molecular complexity index is 885. The highest BCUT2D eigenvalue weighted by atomic mass is 16.6. The number of nitrogens with two attached hydrogens (primary N) is 2. The lowest BCUT2D eigenvalue weighted by atomic mass is 10.2. The van der Waals surface area contributed by atoms with E-state index >= 15 is 0 Å². The number of aromatic nitrogens is 5. The number of amides is 1. The average Bonchev–Trinajstić information content (AvgIpc) is 3.20. The Balaban J connectivity index is 2.02. The Morgan fingerprint density at radius 1 is 1.32 bits per heavy atom. The molecule has 0 saturated heterocycles. The van der Waals surface area contributed by atoms with Crippen molar-refractivity contribution in [1.82, 2.24) is 30.2 Å². The fourth-order valence-corrected chi connectivity index (χ4v) is 2.66. The molecule has 0 saturated carbocycles. The molecule has 3 aromatic rings. The summed E-state index contributed by atoms with van der Waals surface area (Å²) in [5.41, 5.74) is 13.3. The van der Waals surface area contributed by atoms with Crippen molar-refractivity contribution in [1.29, 1.82) is 0 Å². The number of nitrogen functional groups attached to an aromatic ring is 1. The number of carbonyl (C=O) groups excluding carboxylic acids is 1. The van der Waals surface area contributed by atoms with E-state index in [0.717, 1.165) is 12.8 Å². The summed E-state index contributed by atoms with van der Waals surface area (Å²) in [6.45, 7) is 3.67. The van der Waals surface area contributed by atoms with Crippen molar-refractivity contribution in [3.8, 4) is 11.5 Å². The van der Waals surface area contributed by atoms with Gasteiger partial charge < -0.3 is 21.4 Å². The van der Waals surface area contributed by atoms with E-state index < -0.39 is 0 Å². The maximum absolute atomic E-state index is 12.6. The molecule has 3 heterocycles. The quantitative estimate of drug-likeness (QED) is 0.526. The van der Waals surface area contributed by atoms with E-state index in [4.69, 9.17) is 11.5 Å². The second-order valence-corrected chi connectivity index (χ2v) is 5.48. The third kappa shape index (κ3) is 3.15. The molecule has 3 aromatic heterocycles. The van der Waals surface area contributed by atoms with Crippen LogP contribution in [0.5, 0.6) is 0 Å². The summed E-state index contributed by atoms with van der Waals surface area (Å²) in [5.74, 6) is 0.426. The topological polar surface area (TPSA) is 151 Å². The van der Waals surface area contributed by atoms with Crippen molar-refractivity contribution in [2.45, 2.75) is 26.3 Å². The minimum Gasteiger partial charge on any atom is -0.379 e. The molecule has 10 nitrogen and oxygen atoms in total. The molecule has 132 valence electrons. The zero-order valence-corrected chi connectivity index (χ0v) is 13.9. The lowest BCUT2D eigenvalue weighted by molar-refractivity contribution is 0.0954. The third-order valence-corrected chi connectivity index (χ3v) is 3.85. The molecular formula is C15H20N8O2. The molecule has 0 aliphatic rings. The van der Waals surface area contributed by atoms with Crippen LogP contribution in [0.1, 0.15) is 30.1 Å². The van der Waals surface area contributed by atoms with Gasteiger partial charge in [-0.2, -0.15) is 0 Å². The minimum absolute atomic E-state index is 0.144. The number of imidazole rings is 1. The first-order valence-corrected chi connectivity index (χ1v) is 8.08. The predicted molar refractivity (Wildman–Crippen MR) is 91.5 cm³/mol. The number of unbranched alkanes of at least 4 members (excludes halogenated alkanes) is 1. The van der Waals surface area contributed by atoms with Gasteiger partial charge in [-0.3, -0.25) is 9.78 Å². The first kappa shape index (κ1) is 16.8. The van der Waals surface area contributed by atoms with Gasteiger partial charge >= 0.3 is 0 Å². The van der Waals surface area contributed by atoms with Gasteiger partial charge in [-0.05, 0) is 36.6 Å². The molecule has 0 radical (unpaired) electrons. The molecule has 10 heteroatoms. The molecule has 0 aliphatic heterocycles. The highest BCUT2D eigenvalue weighted by Gasteiger charge is 2.22. The summed E-state index contributed by atoms with van der Waals surface area (Å²) in [6, 6.07) is 0. The second-order valence-electron chi connectivity index (χ2n) is 5.48. The first-order valence-electron chi connectivity index (χ1n) is 8.08. The molecule has 0 fully saturated rings. The Morgan fingerprint density at radius 2 is 2.16 bits per heavy atom. The van der Waals surface area contributed by atoms with E-state index in [9.17, 15) is 4.79 Å². The van der Waals surface area contributed by atoms with E-state index in [1.165, 1.54) is 6.20 Å². The van der Waals surface area contributed by atoms with Crippen LogP contribution in [0, 0.1) is 0 Å². The van der Waals surface area contributed by atoms with Crippen molar-refractivity contribution in [3.63, 3.8) is 0 Å². The number of fused-ring (bicyclic) bond motifs is 1. The highest BCUT2D eigenvalue weighted by Crippen LogP contribution is 2.27. The van der Waals surface area contributed by atoms with Gasteiger partial charge in [-0.25, -0.2) is 9.61 Å². The van der Waals surface area contributed by atoms with Crippen LogP contribution in [0.25, 0.3) is 22.6 Å². The Kier molecular flexibility index (Phi) is 4.89. The Hall–Kier alpha value is -3.01. The summed E-state index contributed by atoms with van der Waals surface area (Å²) in [5, 5.41) is 10.3. The van der Waals surface area contributed by atoms with Crippen LogP contribution in [-0.4, -0.2) is 43.8 Å². The highest BCUT2D eigenvalue weighted by molar-refractivity contribution is 6.05. The van der Waals surface area contributed by atoms with E-state index in [0.29, 0.717) is 47.7 Å². The summed E-state index contributed by atoms with van der Waals surface area (Å²) >= 11 is 0. The molecule has 5 N–H and O–H groups in total. The number of hydrogen-bond donors (Lipinski definition) is 3. The van der Waals surface area contributed by atoms with Gasteiger partial charge in [-0.15, -0.1) is 0 Å². The summed E-state index contributed by atoms with van der Waals surface area (Å²) < 4.78 is 6.51. The number of anilines is 1. The number of rotatable bonds is 7. The molecule has 1 amide bonds. The number of pyridine rings is 1. The van der Waals surface area contributed by atoms with Crippen molar-refractivity contribution in [3.05, 3.63) is 18.0 Å². The molecule has 3 rings (SSSR count). The van der Waals surface area contributed by atoms with Gasteiger partial charge in [-0.1, -0.05) is 0 Å². The fraction of sp³-hybridized carbons (Fsp3) is 0.400. The van der Waals surface area contributed by atoms with E-state index in [2.05, 4.69) is 30.2 Å². The maximum Gasteiger partial charge on any atom is 0.255 e. The third-order valence-electron chi connectivity index (χ3n) is 3.85. The van der Waals surface area contributed by atoms with Crippen molar-refractivity contribution < 1.29 is 9.42 Å². The summed E-state index contributed by atoms with van der Waals surface area (Å²) in [4.78, 5) is 21.2. The molecule has 0 unspecified atom stereocenters. The smallest absolute Gasteiger partial charge is 0.255 e. The standard InChI is InChI=1S/C15H20N8O2/c1-2-23-12-9(15(24)19-6-4-3-5-16)7-18-8-10(12)20-14(23)11-13(17)22-25-21-11/h7-8H,2-6,16H2,1H3,(H2,17,22)(H,19,24). The van der Waals surface area contributed by atoms with Crippen LogP contribution in [0.15, 0.2) is 17.0 Å². The lowest BCUT2D eigenvalue weighted by Crippen LogP contribution is -2.25. The van der Waals surface area contributed by atoms with Crippen LogP contribution in [0.2, 0.25) is 0 Å². The lowest BCUT2D eigenvalue weighted by Gasteiger charge is -2.09. The van der Waals surface area contributed by atoms with E-state index in [-0.39, 0.29) is 11.7 Å². The van der Waals surface area contributed by atoms with E-state index in [1.807, 2.05) is 11.5 Å². The minimum atomic E-state index is -0.206. The molecule has 25 heavy (non-hydrogen) atoms. The van der Waals surface area contributed by atoms with Crippen LogP contribution < -0.4 is 16.8 Å². The normalized spacial score (nSPS) is 11.1. The van der Waals surface area contributed by atoms with Gasteiger partial charge in [0.05, 0.1) is 17.3 Å². The van der Waals surface area contributed by atoms with Crippen molar-refractivity contribution >= 4 is 22.8 Å². The zero-order chi connectivity index (χ0) is 17.8. The van der Waals surface area contributed by atoms with E-state index in [1.54, 1.807) is 6.20 Å². The number of nitrogens with zero attached hydrogens (tertiary/aromatic N) is 5. The maximum atomic E-state index is 12.6. The van der Waals surface area contributed by atoms with Crippen LogP contribution in [-0.2, 0) is 6.54 Å².